The maximum atomic E-state index is 12.5. The molecule has 8 heteroatoms. The molecule has 0 aliphatic carbocycles. The summed E-state index contributed by atoms with van der Waals surface area (Å²) in [7, 11) is 2.18. The van der Waals surface area contributed by atoms with Gasteiger partial charge in [0.25, 0.3) is 0 Å². The van der Waals surface area contributed by atoms with Crippen LogP contribution in [0.15, 0.2) is 30.3 Å². The minimum atomic E-state index is 0. The molecular weight excluding hydrogens is 415 g/mol. The average molecular weight is 449 g/mol. The van der Waals surface area contributed by atoms with Crippen LogP contribution in [-0.4, -0.2) is 91.0 Å². The first-order chi connectivity index (χ1) is 12.7. The normalized spacial score (nSPS) is 20.4. The maximum absolute atomic E-state index is 12.5. The van der Waals surface area contributed by atoms with Crippen molar-refractivity contribution in [2.45, 2.75) is 19.0 Å². The highest BCUT2D eigenvalue weighted by molar-refractivity contribution is 7.99. The monoisotopic (exact) mass is 448 g/mol. The van der Waals surface area contributed by atoms with Crippen LogP contribution in [0.4, 0.5) is 0 Å². The molecule has 160 valence electrons. The molecule has 0 aromatic heterocycles. The standard InChI is InChI=1S/C20H32N4OS.2ClH/c1-22(16-18-5-3-2-4-6-18)8-9-23-10-12-24(13-11-23)20(25)15-19-17-26-14-7-21-19;;/h2-6,19,21H,7-17H2,1H3;2*1H. The fourth-order valence-electron chi connectivity index (χ4n) is 3.60. The molecular formula is C20H34Cl2N4OS. The van der Waals surface area contributed by atoms with E-state index in [9.17, 15) is 4.79 Å². The van der Waals surface area contributed by atoms with E-state index in [0.717, 1.165) is 58.1 Å². The number of benzene rings is 1. The van der Waals surface area contributed by atoms with Gasteiger partial charge >= 0.3 is 0 Å². The smallest absolute Gasteiger partial charge is 0.224 e. The van der Waals surface area contributed by atoms with Gasteiger partial charge in [0.15, 0.2) is 0 Å². The fourth-order valence-corrected chi connectivity index (χ4v) is 4.55. The van der Waals surface area contributed by atoms with Gasteiger partial charge in [-0.3, -0.25) is 9.69 Å². The number of likely N-dealkylation sites (N-methyl/N-ethyl adjacent to an activating group) is 1. The van der Waals surface area contributed by atoms with Crippen molar-refractivity contribution in [2.75, 3.05) is 64.4 Å². The van der Waals surface area contributed by atoms with Gasteiger partial charge in [-0.15, -0.1) is 24.8 Å². The summed E-state index contributed by atoms with van der Waals surface area (Å²) in [5.41, 5.74) is 1.36. The van der Waals surface area contributed by atoms with Gasteiger partial charge in [-0.1, -0.05) is 30.3 Å². The lowest BCUT2D eigenvalue weighted by atomic mass is 10.2. The van der Waals surface area contributed by atoms with E-state index in [-0.39, 0.29) is 24.8 Å². The van der Waals surface area contributed by atoms with Crippen LogP contribution >= 0.6 is 36.6 Å². The minimum absolute atomic E-state index is 0. The van der Waals surface area contributed by atoms with Gasteiger partial charge in [-0.2, -0.15) is 11.8 Å². The number of nitrogens with zero attached hydrogens (tertiary/aromatic N) is 3. The Morgan fingerprint density at radius 3 is 2.54 bits per heavy atom. The summed E-state index contributed by atoms with van der Waals surface area (Å²) in [4.78, 5) is 19.4. The van der Waals surface area contributed by atoms with Crippen molar-refractivity contribution in [2.24, 2.45) is 0 Å². The van der Waals surface area contributed by atoms with E-state index in [1.807, 2.05) is 11.8 Å². The average Bonchev–Trinajstić information content (AvgIpc) is 2.68. The Morgan fingerprint density at radius 1 is 1.18 bits per heavy atom. The lowest BCUT2D eigenvalue weighted by Crippen LogP contribution is -2.51. The topological polar surface area (TPSA) is 38.8 Å². The van der Waals surface area contributed by atoms with Crippen LogP contribution in [0.25, 0.3) is 0 Å². The van der Waals surface area contributed by atoms with Crippen molar-refractivity contribution in [3.8, 4) is 0 Å². The molecule has 28 heavy (non-hydrogen) atoms. The Morgan fingerprint density at radius 2 is 1.89 bits per heavy atom. The van der Waals surface area contributed by atoms with Gasteiger partial charge in [-0.25, -0.2) is 0 Å². The molecule has 2 aliphatic rings. The molecule has 1 N–H and O–H groups in total. The number of thioether (sulfide) groups is 1. The molecule has 0 saturated carbocycles. The minimum Gasteiger partial charge on any atom is -0.340 e. The van der Waals surface area contributed by atoms with Gasteiger partial charge < -0.3 is 15.1 Å². The highest BCUT2D eigenvalue weighted by Crippen LogP contribution is 2.13. The summed E-state index contributed by atoms with van der Waals surface area (Å²) in [5.74, 6) is 2.56. The summed E-state index contributed by atoms with van der Waals surface area (Å²) in [6.07, 6.45) is 0.660. The first-order valence-corrected chi connectivity index (χ1v) is 10.9. The van der Waals surface area contributed by atoms with Crippen molar-refractivity contribution in [3.05, 3.63) is 35.9 Å². The first-order valence-electron chi connectivity index (χ1n) is 9.74. The molecule has 3 rings (SSSR count). The molecule has 2 heterocycles. The Balaban J connectivity index is 0.00000196. The molecule has 0 radical (unpaired) electrons. The van der Waals surface area contributed by atoms with Crippen LogP contribution in [0, 0.1) is 0 Å². The first kappa shape index (κ1) is 25.5. The van der Waals surface area contributed by atoms with Crippen LogP contribution < -0.4 is 5.32 Å². The summed E-state index contributed by atoms with van der Waals surface area (Å²) < 4.78 is 0. The summed E-state index contributed by atoms with van der Waals surface area (Å²) >= 11 is 1.96. The lowest BCUT2D eigenvalue weighted by Gasteiger charge is -2.36. The van der Waals surface area contributed by atoms with Gasteiger partial charge in [-0.05, 0) is 12.6 Å². The Labute approximate surface area is 186 Å². The maximum Gasteiger partial charge on any atom is 0.224 e. The SMILES string of the molecule is CN(CCN1CCN(C(=O)CC2CSCCN2)CC1)Cc1ccccc1.Cl.Cl. The van der Waals surface area contributed by atoms with Gasteiger partial charge in [0, 0.05) is 76.3 Å². The number of carbonyl (C=O) groups is 1. The Kier molecular flexibility index (Phi) is 12.5. The second-order valence-electron chi connectivity index (χ2n) is 7.38. The molecule has 2 fully saturated rings. The van der Waals surface area contributed by atoms with Crippen LogP contribution in [0.5, 0.6) is 0 Å². The van der Waals surface area contributed by atoms with Crippen molar-refractivity contribution < 1.29 is 4.79 Å². The third-order valence-corrected chi connectivity index (χ3v) is 6.37. The molecule has 0 bridgehead atoms. The molecule has 1 aromatic rings. The fraction of sp³-hybridized carbons (Fsp3) is 0.650. The molecule has 2 aliphatic heterocycles. The second kappa shape index (κ2) is 13.7. The van der Waals surface area contributed by atoms with E-state index in [0.29, 0.717) is 18.4 Å². The van der Waals surface area contributed by atoms with Crippen LogP contribution in [0.1, 0.15) is 12.0 Å². The summed E-state index contributed by atoms with van der Waals surface area (Å²) in [6, 6.07) is 11.0. The predicted molar refractivity (Wildman–Crippen MR) is 124 cm³/mol. The van der Waals surface area contributed by atoms with Crippen LogP contribution in [0.3, 0.4) is 0 Å². The van der Waals surface area contributed by atoms with Crippen molar-refractivity contribution in [1.29, 1.82) is 0 Å². The molecule has 1 atom stereocenters. The Bertz CT molecular complexity index is 552. The molecule has 2 saturated heterocycles. The third kappa shape index (κ3) is 8.47. The van der Waals surface area contributed by atoms with Crippen molar-refractivity contribution in [1.82, 2.24) is 20.0 Å². The predicted octanol–water partition coefficient (Wildman–Crippen LogP) is 2.20. The largest absolute Gasteiger partial charge is 0.340 e. The highest BCUT2D eigenvalue weighted by Gasteiger charge is 2.24. The number of nitrogens with one attached hydrogen (secondary N) is 1. The zero-order chi connectivity index (χ0) is 18.2. The zero-order valence-electron chi connectivity index (χ0n) is 16.7. The van der Waals surface area contributed by atoms with Crippen LogP contribution in [-0.2, 0) is 11.3 Å². The number of hydrogen-bond acceptors (Lipinski definition) is 5. The van der Waals surface area contributed by atoms with Crippen molar-refractivity contribution >= 4 is 42.5 Å². The van der Waals surface area contributed by atoms with E-state index in [2.05, 4.69) is 57.4 Å². The number of piperazine rings is 1. The van der Waals surface area contributed by atoms with Gasteiger partial charge in [0.1, 0.15) is 0 Å². The molecule has 1 unspecified atom stereocenters. The van der Waals surface area contributed by atoms with Gasteiger partial charge in [0.05, 0.1) is 0 Å². The number of rotatable bonds is 7. The van der Waals surface area contributed by atoms with E-state index >= 15 is 0 Å². The highest BCUT2D eigenvalue weighted by atomic mass is 35.5. The van der Waals surface area contributed by atoms with E-state index < -0.39 is 0 Å². The third-order valence-electron chi connectivity index (χ3n) is 5.24. The molecule has 1 amide bonds. The number of amides is 1. The second-order valence-corrected chi connectivity index (χ2v) is 8.53. The Hall–Kier alpha value is -0.500. The zero-order valence-corrected chi connectivity index (χ0v) is 19.2. The van der Waals surface area contributed by atoms with E-state index in [1.165, 1.54) is 11.3 Å². The van der Waals surface area contributed by atoms with Crippen LogP contribution in [0.2, 0.25) is 0 Å². The molecule has 0 spiro atoms. The van der Waals surface area contributed by atoms with Crippen molar-refractivity contribution in [3.63, 3.8) is 0 Å². The summed E-state index contributed by atoms with van der Waals surface area (Å²) in [5, 5.41) is 3.47. The van der Waals surface area contributed by atoms with E-state index in [1.54, 1.807) is 0 Å². The van der Waals surface area contributed by atoms with Gasteiger partial charge in [0.2, 0.25) is 5.91 Å². The molecule has 5 nitrogen and oxygen atoms in total. The van der Waals surface area contributed by atoms with E-state index in [4.69, 9.17) is 0 Å². The number of halogens is 2. The number of hydrogen-bond donors (Lipinski definition) is 1. The summed E-state index contributed by atoms with van der Waals surface area (Å²) in [6.45, 7) is 7.91. The molecule has 1 aromatic carbocycles. The lowest BCUT2D eigenvalue weighted by molar-refractivity contribution is -0.133. The quantitative estimate of drug-likeness (QED) is 0.691. The number of carbonyl (C=O) groups excluding carboxylic acids is 1.